The molecule has 2 N–H and O–H groups in total. The van der Waals surface area contributed by atoms with Crippen molar-refractivity contribution < 1.29 is 14.7 Å². The number of piperidine rings is 1. The average Bonchev–Trinajstić information content (AvgIpc) is 2.98. The molecule has 3 atom stereocenters. The molecule has 1 unspecified atom stereocenters. The minimum absolute atomic E-state index is 0.0637. The van der Waals surface area contributed by atoms with Gasteiger partial charge in [-0.2, -0.15) is 0 Å². The van der Waals surface area contributed by atoms with Crippen molar-refractivity contribution in [3.63, 3.8) is 0 Å². The Kier molecular flexibility index (Phi) is 4.90. The summed E-state index contributed by atoms with van der Waals surface area (Å²) in [6.45, 7) is 3.43. The molecule has 2 saturated heterocycles. The Labute approximate surface area is 164 Å². The van der Waals surface area contributed by atoms with Crippen LogP contribution >= 0.6 is 0 Å². The van der Waals surface area contributed by atoms with E-state index >= 15 is 0 Å². The lowest BCUT2D eigenvalue weighted by Crippen LogP contribution is -2.46. The second-order valence-electron chi connectivity index (χ2n) is 7.60. The molecule has 4 rings (SSSR count). The van der Waals surface area contributed by atoms with Crippen molar-refractivity contribution in [2.24, 2.45) is 0 Å². The van der Waals surface area contributed by atoms with E-state index in [0.29, 0.717) is 11.6 Å². The Balaban J connectivity index is 1.55. The molecule has 0 aliphatic carbocycles. The Morgan fingerprint density at radius 2 is 1.75 bits per heavy atom. The molecule has 0 aromatic heterocycles. The van der Waals surface area contributed by atoms with E-state index in [-0.39, 0.29) is 35.2 Å². The molecule has 28 heavy (non-hydrogen) atoms. The van der Waals surface area contributed by atoms with E-state index in [0.717, 1.165) is 25.7 Å². The summed E-state index contributed by atoms with van der Waals surface area (Å²) in [5.74, 6) is -0.111. The fourth-order valence-corrected chi connectivity index (χ4v) is 4.62. The SMILES string of the molecule is C=CC(=O)Nc1ccc(O)c(C(=O)N2[C@@H]3CC[C@H]2CC(c2ccccc2)C3)c1. The number of carbonyl (C=O) groups is 2. The lowest BCUT2D eigenvalue weighted by molar-refractivity contribution is -0.111. The zero-order valence-electron chi connectivity index (χ0n) is 15.7. The highest BCUT2D eigenvalue weighted by molar-refractivity contribution is 6.02. The molecule has 2 aromatic rings. The zero-order valence-corrected chi connectivity index (χ0v) is 15.7. The third kappa shape index (κ3) is 3.40. The van der Waals surface area contributed by atoms with Crippen LogP contribution in [0.3, 0.4) is 0 Å². The Hall–Kier alpha value is -3.08. The van der Waals surface area contributed by atoms with E-state index in [2.05, 4.69) is 36.2 Å². The van der Waals surface area contributed by atoms with Crippen molar-refractivity contribution in [2.45, 2.75) is 43.7 Å². The third-order valence-electron chi connectivity index (χ3n) is 5.92. The van der Waals surface area contributed by atoms with Crippen LogP contribution < -0.4 is 5.32 Å². The predicted octanol–water partition coefficient (Wildman–Crippen LogP) is 4.07. The first-order chi connectivity index (χ1) is 13.6. The first-order valence-corrected chi connectivity index (χ1v) is 9.71. The fraction of sp³-hybridized carbons (Fsp3) is 0.304. The molecule has 2 aromatic carbocycles. The molecule has 5 nitrogen and oxygen atoms in total. The average molecular weight is 376 g/mol. The smallest absolute Gasteiger partial charge is 0.258 e. The minimum Gasteiger partial charge on any atom is -0.507 e. The van der Waals surface area contributed by atoms with Crippen molar-refractivity contribution in [1.29, 1.82) is 0 Å². The number of phenolic OH excluding ortho intramolecular Hbond substituents is 1. The van der Waals surface area contributed by atoms with Gasteiger partial charge in [0.15, 0.2) is 0 Å². The van der Waals surface area contributed by atoms with Gasteiger partial charge in [-0.05, 0) is 61.4 Å². The first-order valence-electron chi connectivity index (χ1n) is 9.71. The maximum absolute atomic E-state index is 13.3. The molecule has 2 fully saturated rings. The molecule has 2 aliphatic heterocycles. The number of aromatic hydroxyl groups is 1. The summed E-state index contributed by atoms with van der Waals surface area (Å²) >= 11 is 0. The number of nitrogens with one attached hydrogen (secondary N) is 1. The topological polar surface area (TPSA) is 69.6 Å². The number of carbonyl (C=O) groups excluding carboxylic acids is 2. The first kappa shape index (κ1) is 18.3. The lowest BCUT2D eigenvalue weighted by atomic mass is 9.85. The van der Waals surface area contributed by atoms with Gasteiger partial charge in [0, 0.05) is 17.8 Å². The number of amides is 2. The Morgan fingerprint density at radius 3 is 2.39 bits per heavy atom. The number of rotatable bonds is 4. The van der Waals surface area contributed by atoms with Gasteiger partial charge in [0.25, 0.3) is 5.91 Å². The summed E-state index contributed by atoms with van der Waals surface area (Å²) in [5, 5.41) is 12.9. The summed E-state index contributed by atoms with van der Waals surface area (Å²) in [6, 6.07) is 15.4. The molecule has 2 heterocycles. The second kappa shape index (κ2) is 7.50. The quantitative estimate of drug-likeness (QED) is 0.624. The summed E-state index contributed by atoms with van der Waals surface area (Å²) in [5.41, 5.74) is 2.04. The lowest BCUT2D eigenvalue weighted by Gasteiger charge is -2.39. The highest BCUT2D eigenvalue weighted by Crippen LogP contribution is 2.44. The number of hydrogen-bond donors (Lipinski definition) is 2. The zero-order chi connectivity index (χ0) is 19.7. The van der Waals surface area contributed by atoms with Crippen LogP contribution in [0.2, 0.25) is 0 Å². The van der Waals surface area contributed by atoms with E-state index < -0.39 is 0 Å². The molecule has 144 valence electrons. The molecule has 2 amide bonds. The van der Waals surface area contributed by atoms with Gasteiger partial charge in [-0.15, -0.1) is 0 Å². The minimum atomic E-state index is -0.354. The number of fused-ring (bicyclic) bond motifs is 2. The maximum Gasteiger partial charge on any atom is 0.258 e. The standard InChI is InChI=1S/C23H24N2O3/c1-2-22(27)24-17-8-11-21(26)20(14-17)23(28)25-18-9-10-19(25)13-16(12-18)15-6-4-3-5-7-15/h2-8,11,14,16,18-19,26H,1,9-10,12-13H2,(H,24,27)/t16?,18-,19+. The maximum atomic E-state index is 13.3. The van der Waals surface area contributed by atoms with Gasteiger partial charge in [-0.3, -0.25) is 9.59 Å². The molecular formula is C23H24N2O3. The molecular weight excluding hydrogens is 352 g/mol. The normalized spacial score (nSPS) is 23.3. The summed E-state index contributed by atoms with van der Waals surface area (Å²) in [6.07, 6.45) is 5.05. The van der Waals surface area contributed by atoms with E-state index in [1.165, 1.54) is 17.7 Å². The van der Waals surface area contributed by atoms with E-state index in [9.17, 15) is 14.7 Å². The van der Waals surface area contributed by atoms with E-state index in [4.69, 9.17) is 0 Å². The van der Waals surface area contributed by atoms with Crippen LogP contribution in [0, 0.1) is 0 Å². The van der Waals surface area contributed by atoms with Gasteiger partial charge in [0.2, 0.25) is 5.91 Å². The van der Waals surface area contributed by atoms with Crippen molar-refractivity contribution in [3.05, 3.63) is 72.3 Å². The molecule has 0 radical (unpaired) electrons. The van der Waals surface area contributed by atoms with Gasteiger partial charge in [0.05, 0.1) is 5.56 Å². The number of phenols is 1. The highest BCUT2D eigenvalue weighted by Gasteiger charge is 2.44. The molecule has 0 spiro atoms. The van der Waals surface area contributed by atoms with Crippen LogP contribution in [0.15, 0.2) is 61.2 Å². The molecule has 0 saturated carbocycles. The Bertz CT molecular complexity index is 895. The van der Waals surface area contributed by atoms with Gasteiger partial charge in [-0.25, -0.2) is 0 Å². The predicted molar refractivity (Wildman–Crippen MR) is 108 cm³/mol. The number of anilines is 1. The van der Waals surface area contributed by atoms with Crippen LogP contribution in [0.4, 0.5) is 5.69 Å². The van der Waals surface area contributed by atoms with Crippen LogP contribution in [0.5, 0.6) is 5.75 Å². The van der Waals surface area contributed by atoms with Crippen molar-refractivity contribution in [1.82, 2.24) is 4.90 Å². The van der Waals surface area contributed by atoms with E-state index in [1.54, 1.807) is 12.1 Å². The number of nitrogens with zero attached hydrogens (tertiary/aromatic N) is 1. The van der Waals surface area contributed by atoms with Gasteiger partial charge >= 0.3 is 0 Å². The van der Waals surface area contributed by atoms with Crippen molar-refractivity contribution in [3.8, 4) is 5.75 Å². The third-order valence-corrected chi connectivity index (χ3v) is 5.92. The number of hydrogen-bond acceptors (Lipinski definition) is 3. The molecule has 2 bridgehead atoms. The van der Waals surface area contributed by atoms with Crippen molar-refractivity contribution in [2.75, 3.05) is 5.32 Å². The fourth-order valence-electron chi connectivity index (χ4n) is 4.62. The second-order valence-corrected chi connectivity index (χ2v) is 7.60. The summed E-state index contributed by atoms with van der Waals surface area (Å²) < 4.78 is 0. The van der Waals surface area contributed by atoms with Crippen molar-refractivity contribution >= 4 is 17.5 Å². The van der Waals surface area contributed by atoms with Crippen LogP contribution in [0.25, 0.3) is 0 Å². The largest absolute Gasteiger partial charge is 0.507 e. The van der Waals surface area contributed by atoms with Crippen LogP contribution in [-0.4, -0.2) is 33.9 Å². The Morgan fingerprint density at radius 1 is 1.07 bits per heavy atom. The van der Waals surface area contributed by atoms with Crippen LogP contribution in [-0.2, 0) is 4.79 Å². The van der Waals surface area contributed by atoms with Gasteiger partial charge < -0.3 is 15.3 Å². The number of benzene rings is 2. The monoisotopic (exact) mass is 376 g/mol. The van der Waals surface area contributed by atoms with Gasteiger partial charge in [0.1, 0.15) is 5.75 Å². The van der Waals surface area contributed by atoms with Crippen LogP contribution in [0.1, 0.15) is 47.5 Å². The summed E-state index contributed by atoms with van der Waals surface area (Å²) in [4.78, 5) is 26.8. The van der Waals surface area contributed by atoms with Gasteiger partial charge in [-0.1, -0.05) is 36.9 Å². The molecule has 5 heteroatoms. The van der Waals surface area contributed by atoms with E-state index in [1.807, 2.05) is 11.0 Å². The molecule has 2 aliphatic rings. The summed E-state index contributed by atoms with van der Waals surface area (Å²) in [7, 11) is 0. The highest BCUT2D eigenvalue weighted by atomic mass is 16.3.